The van der Waals surface area contributed by atoms with Gasteiger partial charge in [0.1, 0.15) is 5.75 Å². The molecule has 0 unspecified atom stereocenters. The lowest BCUT2D eigenvalue weighted by Crippen LogP contribution is -2.31. The maximum absolute atomic E-state index is 11.9. The lowest BCUT2D eigenvalue weighted by molar-refractivity contribution is -0.124. The van der Waals surface area contributed by atoms with Gasteiger partial charge in [0.2, 0.25) is 0 Å². The fraction of sp³-hybridized carbons (Fsp3) is 0.222. The van der Waals surface area contributed by atoms with Crippen molar-refractivity contribution in [2.45, 2.75) is 13.0 Å². The van der Waals surface area contributed by atoms with Gasteiger partial charge in [0, 0.05) is 5.02 Å². The summed E-state index contributed by atoms with van der Waals surface area (Å²) in [6.45, 7) is 1.50. The Morgan fingerprint density at radius 2 is 1.71 bits per heavy atom. The van der Waals surface area contributed by atoms with Crippen molar-refractivity contribution in [2.75, 3.05) is 13.7 Å². The highest BCUT2D eigenvalue weighted by atomic mass is 35.5. The van der Waals surface area contributed by atoms with Crippen molar-refractivity contribution >= 4 is 23.5 Å². The normalized spacial score (nSPS) is 11.5. The van der Waals surface area contributed by atoms with Crippen molar-refractivity contribution in [3.05, 3.63) is 64.7 Å². The number of hydrogen-bond donors (Lipinski definition) is 1. The molecule has 2 aromatic carbocycles. The van der Waals surface area contributed by atoms with E-state index in [-0.39, 0.29) is 18.6 Å². The Hall–Kier alpha value is -2.53. The number of hydrogen-bond acceptors (Lipinski definition) is 4. The van der Waals surface area contributed by atoms with Crippen LogP contribution in [-0.4, -0.2) is 25.6 Å². The van der Waals surface area contributed by atoms with E-state index in [2.05, 4.69) is 5.32 Å². The summed E-state index contributed by atoms with van der Waals surface area (Å²) in [4.78, 5) is 23.8. The molecule has 0 radical (unpaired) electrons. The molecule has 0 fully saturated rings. The van der Waals surface area contributed by atoms with Crippen molar-refractivity contribution < 1.29 is 19.1 Å². The summed E-state index contributed by atoms with van der Waals surface area (Å²) in [5, 5.41) is 3.39. The number of carbonyl (C=O) groups excluding carboxylic acids is 2. The summed E-state index contributed by atoms with van der Waals surface area (Å²) >= 11 is 5.83. The third-order valence-corrected chi connectivity index (χ3v) is 3.66. The number of methoxy groups -OCH3 is 1. The Morgan fingerprint density at radius 1 is 1.08 bits per heavy atom. The highest BCUT2D eigenvalue weighted by Crippen LogP contribution is 2.16. The molecular formula is C18H18ClNO4. The largest absolute Gasteiger partial charge is 0.497 e. The van der Waals surface area contributed by atoms with Crippen LogP contribution >= 0.6 is 11.6 Å². The average Bonchev–Trinajstić information content (AvgIpc) is 2.60. The van der Waals surface area contributed by atoms with Gasteiger partial charge in [0.15, 0.2) is 6.61 Å². The minimum absolute atomic E-state index is 0.213. The van der Waals surface area contributed by atoms with Gasteiger partial charge in [-0.2, -0.15) is 0 Å². The molecule has 2 rings (SSSR count). The molecule has 0 spiro atoms. The molecule has 1 N–H and O–H groups in total. The Labute approximate surface area is 145 Å². The molecule has 0 heterocycles. The van der Waals surface area contributed by atoms with E-state index in [4.69, 9.17) is 21.1 Å². The lowest BCUT2D eigenvalue weighted by Gasteiger charge is -2.14. The van der Waals surface area contributed by atoms with Crippen LogP contribution < -0.4 is 10.1 Å². The predicted octanol–water partition coefficient (Wildman–Crippen LogP) is 3.38. The molecule has 0 aliphatic heterocycles. The first-order chi connectivity index (χ1) is 11.5. The minimum atomic E-state index is -0.563. The maximum Gasteiger partial charge on any atom is 0.338 e. The second-order valence-corrected chi connectivity index (χ2v) is 5.58. The lowest BCUT2D eigenvalue weighted by atomic mass is 10.1. The van der Waals surface area contributed by atoms with Crippen LogP contribution in [0.1, 0.15) is 28.9 Å². The second-order valence-electron chi connectivity index (χ2n) is 5.15. The van der Waals surface area contributed by atoms with Crippen LogP contribution in [0.15, 0.2) is 48.5 Å². The van der Waals surface area contributed by atoms with Gasteiger partial charge < -0.3 is 14.8 Å². The van der Waals surface area contributed by atoms with E-state index < -0.39 is 5.97 Å². The molecule has 6 heteroatoms. The first-order valence-electron chi connectivity index (χ1n) is 7.35. The highest BCUT2D eigenvalue weighted by molar-refractivity contribution is 6.30. The molecule has 1 atom stereocenters. The summed E-state index contributed by atoms with van der Waals surface area (Å²) < 4.78 is 10.0. The van der Waals surface area contributed by atoms with Gasteiger partial charge in [-0.15, -0.1) is 0 Å². The van der Waals surface area contributed by atoms with E-state index >= 15 is 0 Å². The van der Waals surface area contributed by atoms with Gasteiger partial charge >= 0.3 is 5.97 Å². The van der Waals surface area contributed by atoms with Crippen molar-refractivity contribution in [1.29, 1.82) is 0 Å². The molecular weight excluding hydrogens is 330 g/mol. The zero-order valence-electron chi connectivity index (χ0n) is 13.4. The van der Waals surface area contributed by atoms with Gasteiger partial charge in [-0.3, -0.25) is 4.79 Å². The quantitative estimate of drug-likeness (QED) is 0.813. The second kappa shape index (κ2) is 8.36. The van der Waals surface area contributed by atoms with Crippen molar-refractivity contribution in [2.24, 2.45) is 0 Å². The standard InChI is InChI=1S/C18H18ClNO4/c1-12(13-3-7-15(19)8-4-13)20-17(21)11-24-18(22)14-5-9-16(23-2)10-6-14/h3-10,12H,11H2,1-2H3,(H,20,21)/t12-/m1/s1. The highest BCUT2D eigenvalue weighted by Gasteiger charge is 2.13. The molecule has 126 valence electrons. The van der Waals surface area contributed by atoms with Crippen LogP contribution in [-0.2, 0) is 9.53 Å². The molecule has 1 amide bonds. The number of halogens is 1. The number of rotatable bonds is 6. The first-order valence-corrected chi connectivity index (χ1v) is 7.73. The van der Waals surface area contributed by atoms with Gasteiger partial charge in [-0.05, 0) is 48.9 Å². The maximum atomic E-state index is 11.9. The Kier molecular flexibility index (Phi) is 6.21. The molecule has 0 saturated heterocycles. The summed E-state index contributed by atoms with van der Waals surface area (Å²) in [6.07, 6.45) is 0. The summed E-state index contributed by atoms with van der Waals surface area (Å²) in [7, 11) is 1.54. The van der Waals surface area contributed by atoms with E-state index in [1.807, 2.05) is 19.1 Å². The Morgan fingerprint density at radius 3 is 2.29 bits per heavy atom. The number of carbonyl (C=O) groups is 2. The van der Waals surface area contributed by atoms with Crippen LogP contribution in [0.4, 0.5) is 0 Å². The van der Waals surface area contributed by atoms with E-state index in [0.29, 0.717) is 16.3 Å². The molecule has 0 bridgehead atoms. The van der Waals surface area contributed by atoms with Gasteiger partial charge in [0.05, 0.1) is 18.7 Å². The minimum Gasteiger partial charge on any atom is -0.497 e. The molecule has 0 aromatic heterocycles. The SMILES string of the molecule is COc1ccc(C(=O)OCC(=O)N[C@H](C)c2ccc(Cl)cc2)cc1. The van der Waals surface area contributed by atoms with Crippen molar-refractivity contribution in [3.8, 4) is 5.75 Å². The third-order valence-electron chi connectivity index (χ3n) is 3.41. The van der Waals surface area contributed by atoms with Crippen molar-refractivity contribution in [1.82, 2.24) is 5.32 Å². The summed E-state index contributed by atoms with van der Waals surface area (Å²) in [5.41, 5.74) is 1.27. The fourth-order valence-corrected chi connectivity index (χ4v) is 2.19. The number of esters is 1. The molecule has 0 aliphatic carbocycles. The van der Waals surface area contributed by atoms with Crippen molar-refractivity contribution in [3.63, 3.8) is 0 Å². The zero-order chi connectivity index (χ0) is 17.5. The van der Waals surface area contributed by atoms with Crippen LogP contribution in [0.3, 0.4) is 0 Å². The van der Waals surface area contributed by atoms with Gasteiger partial charge in [0.25, 0.3) is 5.91 Å². The van der Waals surface area contributed by atoms with Crippen LogP contribution in [0.25, 0.3) is 0 Å². The zero-order valence-corrected chi connectivity index (χ0v) is 14.2. The molecule has 0 saturated carbocycles. The third kappa shape index (κ3) is 4.99. The number of ether oxygens (including phenoxy) is 2. The topological polar surface area (TPSA) is 64.6 Å². The van der Waals surface area contributed by atoms with E-state index in [1.165, 1.54) is 0 Å². The van der Waals surface area contributed by atoms with Crippen LogP contribution in [0.2, 0.25) is 5.02 Å². The van der Waals surface area contributed by atoms with E-state index in [1.54, 1.807) is 43.5 Å². The molecule has 5 nitrogen and oxygen atoms in total. The number of nitrogens with one attached hydrogen (secondary N) is 1. The predicted molar refractivity (Wildman–Crippen MR) is 91.3 cm³/mol. The average molecular weight is 348 g/mol. The van der Waals surface area contributed by atoms with E-state index in [0.717, 1.165) is 5.56 Å². The van der Waals surface area contributed by atoms with E-state index in [9.17, 15) is 9.59 Å². The summed E-state index contributed by atoms with van der Waals surface area (Å²) in [6, 6.07) is 13.4. The monoisotopic (exact) mass is 347 g/mol. The van der Waals surface area contributed by atoms with Crippen LogP contribution in [0, 0.1) is 0 Å². The molecule has 2 aromatic rings. The Bertz CT molecular complexity index is 698. The number of benzene rings is 2. The molecule has 24 heavy (non-hydrogen) atoms. The van der Waals surface area contributed by atoms with Crippen LogP contribution in [0.5, 0.6) is 5.75 Å². The summed E-state index contributed by atoms with van der Waals surface area (Å²) in [5.74, 6) is -0.299. The Balaban J connectivity index is 1.83. The smallest absolute Gasteiger partial charge is 0.338 e. The number of amides is 1. The first kappa shape index (κ1) is 17.8. The fourth-order valence-electron chi connectivity index (χ4n) is 2.06. The molecule has 0 aliphatic rings. The van der Waals surface area contributed by atoms with Gasteiger partial charge in [-0.25, -0.2) is 4.79 Å². The van der Waals surface area contributed by atoms with Gasteiger partial charge in [-0.1, -0.05) is 23.7 Å².